The van der Waals surface area contributed by atoms with Crippen molar-refractivity contribution in [2.24, 2.45) is 0 Å². The number of carbonyl (C=O) groups is 2. The zero-order chi connectivity index (χ0) is 18.0. The lowest BCUT2D eigenvalue weighted by molar-refractivity contribution is -0.124. The molecule has 4 nitrogen and oxygen atoms in total. The van der Waals surface area contributed by atoms with E-state index in [0.29, 0.717) is 18.7 Å². The summed E-state index contributed by atoms with van der Waals surface area (Å²) in [6.07, 6.45) is 0.871. The molecule has 25 heavy (non-hydrogen) atoms. The standard InChI is InChI=1S/C20H21BrN2O2/c1-3-15-6-4-5-7-18(15)23-13-12-22(14(2)19(23)24)20(25)16-8-10-17(21)11-9-16/h4-11,14H,3,12-13H2,1-2H3. The number of rotatable bonds is 3. The molecule has 1 unspecified atom stereocenters. The third kappa shape index (κ3) is 3.47. The lowest BCUT2D eigenvalue weighted by atomic mass is 10.1. The van der Waals surface area contributed by atoms with Crippen LogP contribution in [0.4, 0.5) is 5.69 Å². The van der Waals surface area contributed by atoms with E-state index < -0.39 is 6.04 Å². The Morgan fingerprint density at radius 1 is 1.12 bits per heavy atom. The second-order valence-corrected chi connectivity index (χ2v) is 7.07. The molecule has 0 radical (unpaired) electrons. The molecule has 2 aromatic rings. The van der Waals surface area contributed by atoms with Gasteiger partial charge in [-0.15, -0.1) is 0 Å². The van der Waals surface area contributed by atoms with E-state index in [1.165, 1.54) is 0 Å². The van der Waals surface area contributed by atoms with Gasteiger partial charge in [0.05, 0.1) is 0 Å². The molecule has 1 atom stereocenters. The molecule has 1 saturated heterocycles. The van der Waals surface area contributed by atoms with E-state index in [2.05, 4.69) is 22.9 Å². The summed E-state index contributed by atoms with van der Waals surface area (Å²) < 4.78 is 0.925. The second-order valence-electron chi connectivity index (χ2n) is 6.15. The van der Waals surface area contributed by atoms with Crippen LogP contribution in [0.5, 0.6) is 0 Å². The van der Waals surface area contributed by atoms with Gasteiger partial charge in [-0.25, -0.2) is 0 Å². The highest BCUT2D eigenvalue weighted by atomic mass is 79.9. The Morgan fingerprint density at radius 3 is 2.48 bits per heavy atom. The van der Waals surface area contributed by atoms with Crippen LogP contribution in [-0.4, -0.2) is 35.8 Å². The normalized spacial score (nSPS) is 17.7. The van der Waals surface area contributed by atoms with Crippen molar-refractivity contribution in [3.05, 3.63) is 64.1 Å². The lowest BCUT2D eigenvalue weighted by Crippen LogP contribution is -2.58. The van der Waals surface area contributed by atoms with E-state index in [4.69, 9.17) is 0 Å². The molecule has 1 heterocycles. The van der Waals surface area contributed by atoms with Crippen LogP contribution in [0.2, 0.25) is 0 Å². The Kier molecular flexibility index (Phi) is 5.23. The van der Waals surface area contributed by atoms with Gasteiger partial charge in [0.1, 0.15) is 6.04 Å². The summed E-state index contributed by atoms with van der Waals surface area (Å²) in [6, 6.07) is 14.7. The molecule has 1 fully saturated rings. The van der Waals surface area contributed by atoms with Crippen molar-refractivity contribution >= 4 is 33.4 Å². The quantitative estimate of drug-likeness (QED) is 0.783. The third-order valence-electron chi connectivity index (χ3n) is 4.67. The van der Waals surface area contributed by atoms with Gasteiger partial charge >= 0.3 is 0 Å². The second kappa shape index (κ2) is 7.40. The van der Waals surface area contributed by atoms with Crippen LogP contribution in [0, 0.1) is 0 Å². The van der Waals surface area contributed by atoms with Crippen LogP contribution < -0.4 is 4.90 Å². The first-order chi connectivity index (χ1) is 12.0. The SMILES string of the molecule is CCc1ccccc1N1CCN(C(=O)c2ccc(Br)cc2)C(C)C1=O. The number of piperazine rings is 1. The summed E-state index contributed by atoms with van der Waals surface area (Å²) in [5.41, 5.74) is 2.71. The Hall–Kier alpha value is -2.14. The number of hydrogen-bond acceptors (Lipinski definition) is 2. The molecule has 0 spiro atoms. The van der Waals surface area contributed by atoms with E-state index in [-0.39, 0.29) is 11.8 Å². The van der Waals surface area contributed by atoms with Crippen LogP contribution in [0.15, 0.2) is 53.0 Å². The number of benzene rings is 2. The number of anilines is 1. The highest BCUT2D eigenvalue weighted by Gasteiger charge is 2.35. The highest BCUT2D eigenvalue weighted by molar-refractivity contribution is 9.10. The van der Waals surface area contributed by atoms with Crippen LogP contribution >= 0.6 is 15.9 Å². The molecule has 2 aromatic carbocycles. The molecule has 1 aliphatic heterocycles. The molecular formula is C20H21BrN2O2. The van der Waals surface area contributed by atoms with Gasteiger partial charge in [0, 0.05) is 28.8 Å². The number of aryl methyl sites for hydroxylation is 1. The number of carbonyl (C=O) groups excluding carboxylic acids is 2. The first-order valence-corrected chi connectivity index (χ1v) is 9.28. The number of halogens is 1. The van der Waals surface area contributed by atoms with Crippen LogP contribution in [0.25, 0.3) is 0 Å². The van der Waals surface area contributed by atoms with E-state index in [9.17, 15) is 9.59 Å². The fraction of sp³-hybridized carbons (Fsp3) is 0.300. The predicted molar refractivity (Wildman–Crippen MR) is 103 cm³/mol. The van der Waals surface area contributed by atoms with Gasteiger partial charge in [-0.05, 0) is 49.2 Å². The molecule has 5 heteroatoms. The number of nitrogens with zero attached hydrogens (tertiary/aromatic N) is 2. The van der Waals surface area contributed by atoms with Gasteiger partial charge in [-0.2, -0.15) is 0 Å². The first kappa shape index (κ1) is 17.7. The molecule has 130 valence electrons. The average Bonchev–Trinajstić information content (AvgIpc) is 2.64. The van der Waals surface area contributed by atoms with Gasteiger partial charge in [-0.3, -0.25) is 9.59 Å². The first-order valence-electron chi connectivity index (χ1n) is 8.48. The fourth-order valence-electron chi connectivity index (χ4n) is 3.22. The topological polar surface area (TPSA) is 40.6 Å². The summed E-state index contributed by atoms with van der Waals surface area (Å²) >= 11 is 3.37. The number of amides is 2. The minimum atomic E-state index is -0.477. The summed E-state index contributed by atoms with van der Waals surface area (Å²) in [7, 11) is 0. The molecule has 0 aromatic heterocycles. The summed E-state index contributed by atoms with van der Waals surface area (Å²) in [4.78, 5) is 29.2. The van der Waals surface area contributed by atoms with Crippen molar-refractivity contribution < 1.29 is 9.59 Å². The van der Waals surface area contributed by atoms with E-state index >= 15 is 0 Å². The monoisotopic (exact) mass is 400 g/mol. The van der Waals surface area contributed by atoms with Crippen molar-refractivity contribution in [1.82, 2.24) is 4.90 Å². The van der Waals surface area contributed by atoms with Crippen LogP contribution in [-0.2, 0) is 11.2 Å². The largest absolute Gasteiger partial charge is 0.325 e. The zero-order valence-corrected chi connectivity index (χ0v) is 16.0. The average molecular weight is 401 g/mol. The van der Waals surface area contributed by atoms with E-state index in [1.807, 2.05) is 41.3 Å². The van der Waals surface area contributed by atoms with E-state index in [1.54, 1.807) is 24.0 Å². The number of para-hydroxylation sites is 1. The van der Waals surface area contributed by atoms with Gasteiger partial charge < -0.3 is 9.80 Å². The van der Waals surface area contributed by atoms with Crippen molar-refractivity contribution in [2.75, 3.05) is 18.0 Å². The summed E-state index contributed by atoms with van der Waals surface area (Å²) in [5, 5.41) is 0. The predicted octanol–water partition coefficient (Wildman–Crippen LogP) is 3.89. The minimum Gasteiger partial charge on any atom is -0.325 e. The molecule has 0 N–H and O–H groups in total. The third-order valence-corrected chi connectivity index (χ3v) is 5.20. The van der Waals surface area contributed by atoms with Crippen LogP contribution in [0.1, 0.15) is 29.8 Å². The number of hydrogen-bond donors (Lipinski definition) is 0. The van der Waals surface area contributed by atoms with Crippen molar-refractivity contribution in [2.45, 2.75) is 26.3 Å². The fourth-order valence-corrected chi connectivity index (χ4v) is 3.48. The minimum absolute atomic E-state index is 0.0300. The molecule has 2 amide bonds. The molecule has 0 bridgehead atoms. The molecule has 0 saturated carbocycles. The highest BCUT2D eigenvalue weighted by Crippen LogP contribution is 2.26. The molecule has 3 rings (SSSR count). The molecule has 1 aliphatic rings. The Morgan fingerprint density at radius 2 is 1.80 bits per heavy atom. The maximum atomic E-state index is 12.9. The Balaban J connectivity index is 1.82. The molecular weight excluding hydrogens is 380 g/mol. The van der Waals surface area contributed by atoms with Gasteiger partial charge in [0.25, 0.3) is 5.91 Å². The van der Waals surface area contributed by atoms with Gasteiger partial charge in [0.2, 0.25) is 5.91 Å². The zero-order valence-electron chi connectivity index (χ0n) is 14.4. The maximum absolute atomic E-state index is 12.9. The van der Waals surface area contributed by atoms with Crippen molar-refractivity contribution in [3.8, 4) is 0 Å². The molecule has 0 aliphatic carbocycles. The van der Waals surface area contributed by atoms with Gasteiger partial charge in [0.15, 0.2) is 0 Å². The lowest BCUT2D eigenvalue weighted by Gasteiger charge is -2.39. The summed E-state index contributed by atoms with van der Waals surface area (Å²) in [6.45, 7) is 4.93. The maximum Gasteiger partial charge on any atom is 0.254 e. The van der Waals surface area contributed by atoms with Crippen molar-refractivity contribution in [3.63, 3.8) is 0 Å². The van der Waals surface area contributed by atoms with Gasteiger partial charge in [-0.1, -0.05) is 41.1 Å². The Bertz CT molecular complexity index is 789. The summed E-state index contributed by atoms with van der Waals surface area (Å²) in [5.74, 6) is -0.130. The van der Waals surface area contributed by atoms with Crippen molar-refractivity contribution in [1.29, 1.82) is 0 Å². The Labute approximate surface area is 156 Å². The van der Waals surface area contributed by atoms with Crippen LogP contribution in [0.3, 0.4) is 0 Å². The van der Waals surface area contributed by atoms with E-state index in [0.717, 1.165) is 22.1 Å². The smallest absolute Gasteiger partial charge is 0.254 e.